The molecule has 10 rings (SSSR count). The van der Waals surface area contributed by atoms with Crippen LogP contribution in [0.3, 0.4) is 0 Å². The number of aromatic nitrogens is 6. The van der Waals surface area contributed by atoms with Gasteiger partial charge in [0.25, 0.3) is 0 Å². The maximum Gasteiger partial charge on any atom is 0.167 e. The second-order valence-electron chi connectivity index (χ2n) is 13.1. The van der Waals surface area contributed by atoms with Crippen LogP contribution >= 0.6 is 0 Å². The molecule has 10 aromatic rings. The fourth-order valence-electron chi connectivity index (χ4n) is 6.92. The van der Waals surface area contributed by atoms with Gasteiger partial charge in [-0.15, -0.1) is 0 Å². The molecule has 0 fully saturated rings. The van der Waals surface area contributed by atoms with E-state index >= 15 is 0 Å². The van der Waals surface area contributed by atoms with Crippen LogP contribution in [0.15, 0.2) is 186 Å². The highest BCUT2D eigenvalue weighted by Crippen LogP contribution is 2.40. The van der Waals surface area contributed by atoms with Crippen LogP contribution in [0, 0.1) is 0 Å². The number of para-hydroxylation sites is 1. The van der Waals surface area contributed by atoms with E-state index in [4.69, 9.17) is 34.3 Å². The average molecular weight is 707 g/mol. The second-order valence-corrected chi connectivity index (χ2v) is 13.1. The smallest absolute Gasteiger partial charge is 0.167 e. The SMILES string of the molecule is c1ccc(-c2ccc(-c3nc(-c4ccccc4)nc(-c4cccc5c4oc4cccc(-c6nc(-c7ccccc7)nc(-c7ccccc7)n6)c45)n3)cc2)cc1. The van der Waals surface area contributed by atoms with E-state index in [9.17, 15) is 0 Å². The third-order valence-corrected chi connectivity index (χ3v) is 9.62. The number of nitrogens with zero attached hydrogens (tertiary/aromatic N) is 6. The minimum atomic E-state index is 0.514. The van der Waals surface area contributed by atoms with Gasteiger partial charge in [-0.1, -0.05) is 170 Å². The van der Waals surface area contributed by atoms with Gasteiger partial charge < -0.3 is 4.42 Å². The summed E-state index contributed by atoms with van der Waals surface area (Å²) >= 11 is 0. The monoisotopic (exact) mass is 706 g/mol. The van der Waals surface area contributed by atoms with Crippen LogP contribution in [0.1, 0.15) is 0 Å². The van der Waals surface area contributed by atoms with Crippen LogP contribution in [0.5, 0.6) is 0 Å². The molecule has 0 saturated heterocycles. The Morgan fingerprint density at radius 2 is 0.636 bits per heavy atom. The Hall–Kier alpha value is -7.64. The predicted octanol–water partition coefficient (Wildman–Crippen LogP) is 11.6. The van der Waals surface area contributed by atoms with E-state index in [1.165, 1.54) is 0 Å². The molecule has 0 saturated carbocycles. The number of hydrogen-bond acceptors (Lipinski definition) is 7. The first kappa shape index (κ1) is 32.0. The topological polar surface area (TPSA) is 90.5 Å². The van der Waals surface area contributed by atoms with Gasteiger partial charge in [0.2, 0.25) is 0 Å². The molecule has 7 heteroatoms. The van der Waals surface area contributed by atoms with Gasteiger partial charge in [-0.3, -0.25) is 0 Å². The molecule has 0 spiro atoms. The summed E-state index contributed by atoms with van der Waals surface area (Å²) in [4.78, 5) is 30.1. The number of benzene rings is 7. The van der Waals surface area contributed by atoms with Crippen molar-refractivity contribution in [2.75, 3.05) is 0 Å². The molecule has 0 amide bonds. The van der Waals surface area contributed by atoms with Crippen molar-refractivity contribution in [2.24, 2.45) is 0 Å². The van der Waals surface area contributed by atoms with E-state index in [2.05, 4.69) is 42.5 Å². The summed E-state index contributed by atoms with van der Waals surface area (Å²) in [5.74, 6) is 3.41. The van der Waals surface area contributed by atoms with Crippen LogP contribution in [0.4, 0.5) is 0 Å². The van der Waals surface area contributed by atoms with E-state index in [0.717, 1.165) is 55.3 Å². The van der Waals surface area contributed by atoms with E-state index < -0.39 is 0 Å². The molecular weight excluding hydrogens is 677 g/mol. The van der Waals surface area contributed by atoms with Gasteiger partial charge in [-0.05, 0) is 23.3 Å². The van der Waals surface area contributed by atoms with Crippen LogP contribution in [0.25, 0.3) is 101 Å². The maximum atomic E-state index is 6.71. The lowest BCUT2D eigenvalue weighted by molar-refractivity contribution is 0.669. The largest absolute Gasteiger partial charge is 0.455 e. The van der Waals surface area contributed by atoms with E-state index in [1.54, 1.807) is 0 Å². The number of hydrogen-bond donors (Lipinski definition) is 0. The summed E-state index contributed by atoms with van der Waals surface area (Å²) in [6.45, 7) is 0. The molecule has 0 aliphatic carbocycles. The molecule has 0 atom stereocenters. The van der Waals surface area contributed by atoms with Gasteiger partial charge in [-0.25, -0.2) is 29.9 Å². The number of furan rings is 1. The molecule has 55 heavy (non-hydrogen) atoms. The van der Waals surface area contributed by atoms with Crippen molar-refractivity contribution in [3.63, 3.8) is 0 Å². The third-order valence-electron chi connectivity index (χ3n) is 9.62. The molecule has 3 heterocycles. The van der Waals surface area contributed by atoms with Crippen molar-refractivity contribution >= 4 is 21.9 Å². The van der Waals surface area contributed by atoms with Crippen molar-refractivity contribution in [1.29, 1.82) is 0 Å². The Morgan fingerprint density at radius 1 is 0.273 bits per heavy atom. The molecular formula is C48H30N6O. The minimum absolute atomic E-state index is 0.514. The zero-order chi connectivity index (χ0) is 36.6. The zero-order valence-electron chi connectivity index (χ0n) is 29.4. The van der Waals surface area contributed by atoms with Crippen LogP contribution < -0.4 is 0 Å². The van der Waals surface area contributed by atoms with Crippen molar-refractivity contribution in [3.8, 4) is 79.5 Å². The first-order chi connectivity index (χ1) is 27.2. The normalized spacial score (nSPS) is 11.3. The van der Waals surface area contributed by atoms with Crippen LogP contribution in [-0.4, -0.2) is 29.9 Å². The quantitative estimate of drug-likeness (QED) is 0.163. The molecule has 3 aromatic heterocycles. The Labute approximate surface area is 316 Å². The van der Waals surface area contributed by atoms with Gasteiger partial charge in [-0.2, -0.15) is 0 Å². The average Bonchev–Trinajstić information content (AvgIpc) is 3.67. The van der Waals surface area contributed by atoms with Crippen molar-refractivity contribution in [1.82, 2.24) is 29.9 Å². The fourth-order valence-corrected chi connectivity index (χ4v) is 6.92. The van der Waals surface area contributed by atoms with Crippen LogP contribution in [0.2, 0.25) is 0 Å². The van der Waals surface area contributed by atoms with Crippen molar-refractivity contribution in [3.05, 3.63) is 182 Å². The lowest BCUT2D eigenvalue weighted by Gasteiger charge is -2.10. The van der Waals surface area contributed by atoms with Gasteiger partial charge in [0.15, 0.2) is 34.9 Å². The summed E-state index contributed by atoms with van der Waals surface area (Å²) in [5, 5.41) is 1.80. The lowest BCUT2D eigenvalue weighted by atomic mass is 10.0. The molecule has 7 nitrogen and oxygen atoms in total. The molecule has 258 valence electrons. The first-order valence-electron chi connectivity index (χ1n) is 18.0. The van der Waals surface area contributed by atoms with E-state index in [0.29, 0.717) is 46.1 Å². The maximum absolute atomic E-state index is 6.71. The molecule has 0 aliphatic heterocycles. The third kappa shape index (κ3) is 6.09. The number of rotatable bonds is 7. The Morgan fingerprint density at radius 3 is 1.15 bits per heavy atom. The highest BCUT2D eigenvalue weighted by atomic mass is 16.3. The van der Waals surface area contributed by atoms with Crippen molar-refractivity contribution < 1.29 is 4.42 Å². The summed E-state index contributed by atoms with van der Waals surface area (Å²) in [6, 6.07) is 60.7. The first-order valence-corrected chi connectivity index (χ1v) is 18.0. The summed E-state index contributed by atoms with van der Waals surface area (Å²) < 4.78 is 6.71. The molecule has 0 radical (unpaired) electrons. The van der Waals surface area contributed by atoms with Gasteiger partial charge in [0.1, 0.15) is 11.2 Å². The standard InChI is InChI=1S/C48H30N6O/c1-5-15-31(16-6-1)32-27-29-36(30-28-32)46-50-45(35-21-11-4-12-22-35)53-48(54-46)39-25-13-23-37-41-38(24-14-26-40(41)55-42(37)39)47-51-43(33-17-7-2-8-18-33)49-44(52-47)34-19-9-3-10-20-34/h1-30H. The van der Waals surface area contributed by atoms with E-state index in [1.807, 2.05) is 140 Å². The second kappa shape index (κ2) is 13.7. The lowest BCUT2D eigenvalue weighted by Crippen LogP contribution is -2.00. The fraction of sp³-hybridized carbons (Fsp3) is 0. The zero-order valence-corrected chi connectivity index (χ0v) is 29.4. The highest BCUT2D eigenvalue weighted by Gasteiger charge is 2.21. The van der Waals surface area contributed by atoms with E-state index in [-0.39, 0.29) is 0 Å². The van der Waals surface area contributed by atoms with Gasteiger partial charge in [0, 0.05) is 38.6 Å². The van der Waals surface area contributed by atoms with Gasteiger partial charge >= 0.3 is 0 Å². The molecule has 0 aliphatic rings. The Kier molecular flexibility index (Phi) is 8.00. The van der Waals surface area contributed by atoms with Gasteiger partial charge in [0.05, 0.1) is 5.56 Å². The molecule has 7 aromatic carbocycles. The minimum Gasteiger partial charge on any atom is -0.455 e. The molecule has 0 N–H and O–H groups in total. The summed E-state index contributed by atoms with van der Waals surface area (Å²) in [5.41, 5.74) is 8.83. The predicted molar refractivity (Wildman–Crippen MR) is 219 cm³/mol. The molecule has 0 bridgehead atoms. The van der Waals surface area contributed by atoms with Crippen LogP contribution in [-0.2, 0) is 0 Å². The Balaban J connectivity index is 1.14. The molecule has 0 unspecified atom stereocenters. The highest BCUT2D eigenvalue weighted by molar-refractivity contribution is 6.14. The number of fused-ring (bicyclic) bond motifs is 3. The van der Waals surface area contributed by atoms with Crippen molar-refractivity contribution in [2.45, 2.75) is 0 Å². The summed E-state index contributed by atoms with van der Waals surface area (Å²) in [7, 11) is 0. The Bertz CT molecular complexity index is 2890. The summed E-state index contributed by atoms with van der Waals surface area (Å²) in [6.07, 6.45) is 0.